The molecule has 3 N–H and O–H groups in total. The number of nitrogens with zero attached hydrogens (tertiary/aromatic N) is 3. The van der Waals surface area contributed by atoms with Crippen LogP contribution in [0.3, 0.4) is 0 Å². The molecule has 4 atom stereocenters. The molecule has 8 nitrogen and oxygen atoms in total. The van der Waals surface area contributed by atoms with E-state index in [1.807, 2.05) is 0 Å². The number of aliphatic hydroxyl groups excluding tert-OH is 2. The van der Waals surface area contributed by atoms with Gasteiger partial charge in [0.05, 0.1) is 32.6 Å². The van der Waals surface area contributed by atoms with Crippen molar-refractivity contribution in [1.29, 1.82) is 0 Å². The third-order valence-corrected chi connectivity index (χ3v) is 11.5. The summed E-state index contributed by atoms with van der Waals surface area (Å²) in [5.41, 5.74) is -0.392. The second-order valence-corrected chi connectivity index (χ2v) is 13.9. The summed E-state index contributed by atoms with van der Waals surface area (Å²) in [5, 5.41) is 21.4. The molecule has 2 aromatic heterocycles. The molecule has 1 aliphatic rings. The Labute approximate surface area is 146 Å². The molecule has 138 valence electrons. The highest BCUT2D eigenvalue weighted by Gasteiger charge is 2.50. The maximum absolute atomic E-state index is 11.8. The van der Waals surface area contributed by atoms with E-state index in [1.54, 1.807) is 4.57 Å². The standard InChI is InChI=1S/C16H26N4O4Si/c1-16(2,3)25(4,5)15(23)12-9(21)6-10(24-12)20-8-19-11-13(20)17-7-18-14(11)22/h7-10,12,15,21,23H,6H2,1-5H3,(H,17,18,22)/t9-,10+,12-,15?/m0/s1. The van der Waals surface area contributed by atoms with Crippen LogP contribution in [0.1, 0.15) is 33.4 Å². The summed E-state index contributed by atoms with van der Waals surface area (Å²) in [6.07, 6.45) is 1.16. The number of nitrogens with one attached hydrogen (secondary N) is 1. The molecule has 0 amide bonds. The molecule has 2 aromatic rings. The van der Waals surface area contributed by atoms with Gasteiger partial charge in [-0.05, 0) is 5.04 Å². The minimum absolute atomic E-state index is 0.0376. The van der Waals surface area contributed by atoms with Gasteiger partial charge in [0.2, 0.25) is 0 Å². The van der Waals surface area contributed by atoms with Crippen molar-refractivity contribution in [3.8, 4) is 0 Å². The molecule has 9 heteroatoms. The third-order valence-electron chi connectivity index (χ3n) is 5.80. The first-order chi connectivity index (χ1) is 11.5. The maximum Gasteiger partial charge on any atom is 0.278 e. The Hall–Kier alpha value is -1.55. The van der Waals surface area contributed by atoms with Crippen molar-refractivity contribution in [3.63, 3.8) is 0 Å². The van der Waals surface area contributed by atoms with E-state index in [-0.39, 0.29) is 16.1 Å². The van der Waals surface area contributed by atoms with Crippen molar-refractivity contribution in [2.75, 3.05) is 0 Å². The van der Waals surface area contributed by atoms with Crippen molar-refractivity contribution < 1.29 is 14.9 Å². The van der Waals surface area contributed by atoms with Gasteiger partial charge in [0, 0.05) is 6.42 Å². The number of fused-ring (bicyclic) bond motifs is 1. The minimum Gasteiger partial charge on any atom is -0.394 e. The van der Waals surface area contributed by atoms with E-state index in [4.69, 9.17) is 4.74 Å². The van der Waals surface area contributed by atoms with Crippen molar-refractivity contribution in [3.05, 3.63) is 23.0 Å². The Morgan fingerprint density at radius 2 is 2.08 bits per heavy atom. The Morgan fingerprint density at radius 1 is 1.40 bits per heavy atom. The van der Waals surface area contributed by atoms with Crippen LogP contribution in [0.25, 0.3) is 11.2 Å². The SMILES string of the molecule is CC(C)(C)[Si](C)(C)C(O)[C@H]1O[C@@H](n2cnc3c(=O)[nH]cnc32)C[C@@H]1O. The molecule has 1 unspecified atom stereocenters. The summed E-state index contributed by atoms with van der Waals surface area (Å²) in [6, 6.07) is 0. The summed E-state index contributed by atoms with van der Waals surface area (Å²) in [6.45, 7) is 10.5. The van der Waals surface area contributed by atoms with Gasteiger partial charge in [-0.3, -0.25) is 9.36 Å². The van der Waals surface area contributed by atoms with E-state index < -0.39 is 32.2 Å². The van der Waals surface area contributed by atoms with E-state index in [1.165, 1.54) is 12.7 Å². The zero-order valence-corrected chi connectivity index (χ0v) is 16.2. The molecule has 0 radical (unpaired) electrons. The zero-order valence-electron chi connectivity index (χ0n) is 15.2. The van der Waals surface area contributed by atoms with Crippen LogP contribution in [-0.2, 0) is 4.74 Å². The molecule has 1 saturated heterocycles. The van der Waals surface area contributed by atoms with E-state index in [2.05, 4.69) is 48.8 Å². The normalized spacial score (nSPS) is 26.3. The summed E-state index contributed by atoms with van der Waals surface area (Å²) >= 11 is 0. The van der Waals surface area contributed by atoms with Gasteiger partial charge in [0.25, 0.3) is 5.56 Å². The summed E-state index contributed by atoms with van der Waals surface area (Å²) in [7, 11) is -2.12. The van der Waals surface area contributed by atoms with Crippen molar-refractivity contribution >= 4 is 19.2 Å². The predicted molar refractivity (Wildman–Crippen MR) is 95.9 cm³/mol. The smallest absolute Gasteiger partial charge is 0.278 e. The van der Waals surface area contributed by atoms with E-state index in [0.29, 0.717) is 12.1 Å². The van der Waals surface area contributed by atoms with Crippen LogP contribution in [0.4, 0.5) is 0 Å². The van der Waals surface area contributed by atoms with Crippen molar-refractivity contribution in [2.45, 2.75) is 69.5 Å². The molecule has 0 spiro atoms. The fourth-order valence-corrected chi connectivity index (χ4v) is 5.07. The van der Waals surface area contributed by atoms with Crippen LogP contribution < -0.4 is 5.56 Å². The molecule has 1 fully saturated rings. The molecule has 25 heavy (non-hydrogen) atoms. The lowest BCUT2D eigenvalue weighted by molar-refractivity contribution is -0.0604. The molecular weight excluding hydrogens is 340 g/mol. The van der Waals surface area contributed by atoms with E-state index in [0.717, 1.165) is 0 Å². The van der Waals surface area contributed by atoms with Gasteiger partial charge < -0.3 is 19.9 Å². The lowest BCUT2D eigenvalue weighted by atomic mass is 10.2. The number of aliphatic hydroxyl groups is 2. The highest BCUT2D eigenvalue weighted by atomic mass is 28.3. The van der Waals surface area contributed by atoms with Crippen molar-refractivity contribution in [1.82, 2.24) is 19.5 Å². The predicted octanol–water partition coefficient (Wildman–Crippen LogP) is 1.18. The number of hydrogen-bond acceptors (Lipinski definition) is 6. The lowest BCUT2D eigenvalue weighted by Gasteiger charge is -2.43. The minimum atomic E-state index is -2.12. The van der Waals surface area contributed by atoms with Gasteiger partial charge in [-0.15, -0.1) is 0 Å². The van der Waals surface area contributed by atoms with Gasteiger partial charge in [0.15, 0.2) is 11.2 Å². The highest BCUT2D eigenvalue weighted by Crippen LogP contribution is 2.42. The average molecular weight is 366 g/mol. The number of aromatic nitrogens is 4. The van der Waals surface area contributed by atoms with Crippen LogP contribution in [0.15, 0.2) is 17.4 Å². The number of imidazole rings is 1. The molecule has 3 rings (SSSR count). The van der Waals surface area contributed by atoms with Gasteiger partial charge >= 0.3 is 0 Å². The Bertz CT molecular complexity index is 825. The largest absolute Gasteiger partial charge is 0.394 e. The number of aromatic amines is 1. The first kappa shape index (κ1) is 18.2. The second kappa shape index (κ2) is 6.01. The fourth-order valence-electron chi connectivity index (χ4n) is 3.06. The van der Waals surface area contributed by atoms with Gasteiger partial charge in [-0.25, -0.2) is 9.97 Å². The first-order valence-electron chi connectivity index (χ1n) is 8.46. The quantitative estimate of drug-likeness (QED) is 0.703. The lowest BCUT2D eigenvalue weighted by Crippen LogP contribution is -2.56. The van der Waals surface area contributed by atoms with Gasteiger partial charge in [-0.2, -0.15) is 0 Å². The first-order valence-corrected chi connectivity index (χ1v) is 11.5. The Balaban J connectivity index is 1.88. The summed E-state index contributed by atoms with van der Waals surface area (Å²) in [4.78, 5) is 22.5. The second-order valence-electron chi connectivity index (χ2n) is 8.33. The van der Waals surface area contributed by atoms with E-state index >= 15 is 0 Å². The zero-order chi connectivity index (χ0) is 18.6. The molecule has 0 bridgehead atoms. The summed E-state index contributed by atoms with van der Waals surface area (Å²) in [5.74, 6) is 0. The van der Waals surface area contributed by atoms with Crippen LogP contribution in [-0.4, -0.2) is 55.7 Å². The Kier molecular flexibility index (Phi) is 4.39. The number of ether oxygens (including phenoxy) is 1. The molecule has 3 heterocycles. The molecule has 1 aliphatic heterocycles. The topological polar surface area (TPSA) is 113 Å². The summed E-state index contributed by atoms with van der Waals surface area (Å²) < 4.78 is 7.66. The van der Waals surface area contributed by atoms with Crippen LogP contribution in [0.2, 0.25) is 18.1 Å². The van der Waals surface area contributed by atoms with Gasteiger partial charge in [0.1, 0.15) is 12.3 Å². The van der Waals surface area contributed by atoms with Crippen LogP contribution in [0.5, 0.6) is 0 Å². The maximum atomic E-state index is 11.8. The molecule has 0 saturated carbocycles. The number of hydrogen-bond donors (Lipinski definition) is 3. The van der Waals surface area contributed by atoms with Gasteiger partial charge in [-0.1, -0.05) is 33.9 Å². The molecular formula is C16H26N4O4Si. The highest BCUT2D eigenvalue weighted by molar-refractivity contribution is 6.81. The van der Waals surface area contributed by atoms with Crippen molar-refractivity contribution in [2.24, 2.45) is 0 Å². The van der Waals surface area contributed by atoms with Crippen LogP contribution in [0, 0.1) is 0 Å². The number of rotatable bonds is 3. The molecule has 0 aliphatic carbocycles. The fraction of sp³-hybridized carbons (Fsp3) is 0.688. The monoisotopic (exact) mass is 366 g/mol. The Morgan fingerprint density at radius 3 is 2.72 bits per heavy atom. The average Bonchev–Trinajstić information content (AvgIpc) is 3.09. The third kappa shape index (κ3) is 2.95. The van der Waals surface area contributed by atoms with E-state index in [9.17, 15) is 15.0 Å². The molecule has 0 aromatic carbocycles. The van der Waals surface area contributed by atoms with Crippen LogP contribution >= 0.6 is 0 Å². The number of H-pyrrole nitrogens is 1.